The van der Waals surface area contributed by atoms with Crippen molar-refractivity contribution in [2.24, 2.45) is 0 Å². The minimum absolute atomic E-state index is 0.0288. The molecule has 33 heavy (non-hydrogen) atoms. The second-order valence-corrected chi connectivity index (χ2v) is 9.77. The Morgan fingerprint density at radius 1 is 1.24 bits per heavy atom. The number of aryl methyl sites for hydroxylation is 1. The van der Waals surface area contributed by atoms with E-state index in [2.05, 4.69) is 9.71 Å². The van der Waals surface area contributed by atoms with Crippen LogP contribution in [0.5, 0.6) is 0 Å². The lowest BCUT2D eigenvalue weighted by Crippen LogP contribution is -2.43. The van der Waals surface area contributed by atoms with Gasteiger partial charge in [-0.2, -0.15) is 4.72 Å². The number of amides is 1. The minimum atomic E-state index is -4.08. The standard InChI is InChI=1S/C24H27N3O5S/c1-3-32-24(29)21(13-17-15-25-20-8-5-4-7-19(17)20)26-33(30,31)22-14-18(11-10-16(22)2)27-12-6-9-23(27)28/h4-5,7-8,10-11,14-15,21,25-26H,3,6,9,12-13H2,1-2H3. The predicted molar refractivity (Wildman–Crippen MR) is 126 cm³/mol. The number of esters is 1. The second-order valence-electron chi connectivity index (χ2n) is 8.09. The van der Waals surface area contributed by atoms with Crippen LogP contribution < -0.4 is 9.62 Å². The Kier molecular flexibility index (Phi) is 6.53. The number of nitrogens with one attached hydrogen (secondary N) is 2. The molecule has 1 saturated heterocycles. The van der Waals surface area contributed by atoms with Crippen LogP contribution in [0.25, 0.3) is 10.9 Å². The van der Waals surface area contributed by atoms with Gasteiger partial charge in [-0.3, -0.25) is 9.59 Å². The summed E-state index contributed by atoms with van der Waals surface area (Å²) >= 11 is 0. The second kappa shape index (κ2) is 9.36. The molecule has 1 atom stereocenters. The molecule has 0 saturated carbocycles. The molecule has 8 nitrogen and oxygen atoms in total. The summed E-state index contributed by atoms with van der Waals surface area (Å²) < 4.78 is 34.5. The lowest BCUT2D eigenvalue weighted by Gasteiger charge is -2.20. The molecule has 1 aromatic heterocycles. The molecule has 1 unspecified atom stereocenters. The van der Waals surface area contributed by atoms with Gasteiger partial charge >= 0.3 is 5.97 Å². The Morgan fingerprint density at radius 2 is 2.03 bits per heavy atom. The highest BCUT2D eigenvalue weighted by Crippen LogP contribution is 2.27. The zero-order chi connectivity index (χ0) is 23.6. The SMILES string of the molecule is CCOC(=O)C(Cc1c[nH]c2ccccc12)NS(=O)(=O)c1cc(N2CCCC2=O)ccc1C. The first-order valence-electron chi connectivity index (χ1n) is 10.9. The van der Waals surface area contributed by atoms with Gasteiger partial charge in [-0.1, -0.05) is 24.3 Å². The van der Waals surface area contributed by atoms with Crippen molar-refractivity contribution in [3.05, 3.63) is 59.8 Å². The van der Waals surface area contributed by atoms with Gasteiger partial charge in [0.05, 0.1) is 11.5 Å². The van der Waals surface area contributed by atoms with Crippen molar-refractivity contribution in [3.63, 3.8) is 0 Å². The van der Waals surface area contributed by atoms with Gasteiger partial charge in [-0.25, -0.2) is 8.42 Å². The van der Waals surface area contributed by atoms with Gasteiger partial charge in [0.15, 0.2) is 0 Å². The van der Waals surface area contributed by atoms with Crippen molar-refractivity contribution in [3.8, 4) is 0 Å². The number of para-hydroxylation sites is 1. The molecule has 3 aromatic rings. The first kappa shape index (κ1) is 23.0. The molecule has 2 heterocycles. The third kappa shape index (κ3) is 4.79. The Bertz CT molecular complexity index is 1300. The van der Waals surface area contributed by atoms with Crippen LogP contribution in [-0.2, 0) is 30.8 Å². The van der Waals surface area contributed by atoms with E-state index in [1.807, 2.05) is 24.3 Å². The van der Waals surface area contributed by atoms with E-state index in [1.54, 1.807) is 37.1 Å². The molecule has 174 valence electrons. The average Bonchev–Trinajstić information content (AvgIpc) is 3.40. The molecule has 1 fully saturated rings. The van der Waals surface area contributed by atoms with Crippen LogP contribution in [0.3, 0.4) is 0 Å². The van der Waals surface area contributed by atoms with Crippen LogP contribution in [0.15, 0.2) is 53.6 Å². The quantitative estimate of drug-likeness (QED) is 0.493. The van der Waals surface area contributed by atoms with Gasteiger partial charge < -0.3 is 14.6 Å². The summed E-state index contributed by atoms with van der Waals surface area (Å²) in [5.41, 5.74) is 2.76. The number of carbonyl (C=O) groups is 2. The summed E-state index contributed by atoms with van der Waals surface area (Å²) in [5, 5.41) is 0.914. The van der Waals surface area contributed by atoms with Gasteiger partial charge in [0.25, 0.3) is 0 Å². The summed E-state index contributed by atoms with van der Waals surface area (Å²) in [7, 11) is -4.08. The smallest absolute Gasteiger partial charge is 0.324 e. The van der Waals surface area contributed by atoms with Crippen molar-refractivity contribution < 1.29 is 22.7 Å². The molecule has 0 aliphatic carbocycles. The van der Waals surface area contributed by atoms with Crippen molar-refractivity contribution in [2.75, 3.05) is 18.1 Å². The van der Waals surface area contributed by atoms with E-state index in [0.717, 1.165) is 22.9 Å². The van der Waals surface area contributed by atoms with Gasteiger partial charge in [0.1, 0.15) is 6.04 Å². The maximum atomic E-state index is 13.4. The number of carbonyl (C=O) groups excluding carboxylic acids is 2. The number of aromatic nitrogens is 1. The average molecular weight is 470 g/mol. The third-order valence-electron chi connectivity index (χ3n) is 5.81. The molecular formula is C24H27N3O5S. The Hall–Kier alpha value is -3.17. The number of hydrogen-bond acceptors (Lipinski definition) is 5. The van der Waals surface area contributed by atoms with E-state index in [-0.39, 0.29) is 23.8 Å². The topological polar surface area (TPSA) is 109 Å². The number of ether oxygens (including phenoxy) is 1. The van der Waals surface area contributed by atoms with Crippen LogP contribution in [0, 0.1) is 6.92 Å². The largest absolute Gasteiger partial charge is 0.465 e. The minimum Gasteiger partial charge on any atom is -0.465 e. The number of hydrogen-bond donors (Lipinski definition) is 2. The number of anilines is 1. The van der Waals surface area contributed by atoms with Crippen molar-refractivity contribution in [1.29, 1.82) is 0 Å². The number of H-pyrrole nitrogens is 1. The van der Waals surface area contributed by atoms with Gasteiger partial charge in [0, 0.05) is 42.2 Å². The zero-order valence-electron chi connectivity index (χ0n) is 18.6. The highest BCUT2D eigenvalue weighted by atomic mass is 32.2. The Labute approximate surface area is 193 Å². The number of benzene rings is 2. The normalized spacial score (nSPS) is 15.2. The first-order valence-corrected chi connectivity index (χ1v) is 12.4. The highest BCUT2D eigenvalue weighted by molar-refractivity contribution is 7.89. The first-order chi connectivity index (χ1) is 15.8. The molecule has 4 rings (SSSR count). The van der Waals surface area contributed by atoms with Crippen LogP contribution >= 0.6 is 0 Å². The van der Waals surface area contributed by atoms with E-state index in [9.17, 15) is 18.0 Å². The monoisotopic (exact) mass is 469 g/mol. The fourth-order valence-electron chi connectivity index (χ4n) is 4.15. The predicted octanol–water partition coefficient (Wildman–Crippen LogP) is 3.06. The van der Waals surface area contributed by atoms with E-state index < -0.39 is 22.0 Å². The van der Waals surface area contributed by atoms with Crippen LogP contribution in [0.2, 0.25) is 0 Å². The van der Waals surface area contributed by atoms with Crippen LogP contribution in [-0.4, -0.2) is 44.5 Å². The molecule has 9 heteroatoms. The lowest BCUT2D eigenvalue weighted by molar-refractivity contribution is -0.145. The van der Waals surface area contributed by atoms with Gasteiger partial charge in [-0.15, -0.1) is 0 Å². The molecule has 1 aliphatic heterocycles. The zero-order valence-corrected chi connectivity index (χ0v) is 19.4. The van der Waals surface area contributed by atoms with Crippen LogP contribution in [0.1, 0.15) is 30.9 Å². The molecule has 2 aromatic carbocycles. The molecule has 2 N–H and O–H groups in total. The summed E-state index contributed by atoms with van der Waals surface area (Å²) in [6.45, 7) is 4.05. The third-order valence-corrected chi connectivity index (χ3v) is 7.43. The molecule has 0 bridgehead atoms. The molecule has 1 aliphatic rings. The van der Waals surface area contributed by atoms with E-state index in [1.165, 1.54) is 6.07 Å². The molecule has 0 spiro atoms. The fraction of sp³-hybridized carbons (Fsp3) is 0.333. The number of nitrogens with zero attached hydrogens (tertiary/aromatic N) is 1. The maximum absolute atomic E-state index is 13.4. The lowest BCUT2D eigenvalue weighted by atomic mass is 10.1. The molecule has 0 radical (unpaired) electrons. The van der Waals surface area contributed by atoms with Crippen molar-refractivity contribution >= 4 is 38.5 Å². The van der Waals surface area contributed by atoms with E-state index in [4.69, 9.17) is 4.74 Å². The number of rotatable bonds is 8. The van der Waals surface area contributed by atoms with Crippen molar-refractivity contribution in [2.45, 2.75) is 44.0 Å². The highest BCUT2D eigenvalue weighted by Gasteiger charge is 2.30. The van der Waals surface area contributed by atoms with E-state index >= 15 is 0 Å². The molecular weight excluding hydrogens is 442 g/mol. The van der Waals surface area contributed by atoms with Gasteiger partial charge in [0.2, 0.25) is 15.9 Å². The van der Waals surface area contributed by atoms with Gasteiger partial charge in [-0.05, 0) is 49.6 Å². The summed E-state index contributed by atoms with van der Waals surface area (Å²) in [4.78, 5) is 29.6. The Morgan fingerprint density at radius 3 is 2.76 bits per heavy atom. The number of sulfonamides is 1. The summed E-state index contributed by atoms with van der Waals surface area (Å²) in [6.07, 6.45) is 3.09. The van der Waals surface area contributed by atoms with Crippen molar-refractivity contribution in [1.82, 2.24) is 9.71 Å². The Balaban J connectivity index is 1.65. The molecule has 1 amide bonds. The summed E-state index contributed by atoms with van der Waals surface area (Å²) in [6, 6.07) is 11.4. The maximum Gasteiger partial charge on any atom is 0.324 e. The van der Waals surface area contributed by atoms with Crippen LogP contribution in [0.4, 0.5) is 5.69 Å². The number of aromatic amines is 1. The number of fused-ring (bicyclic) bond motifs is 1. The summed E-state index contributed by atoms with van der Waals surface area (Å²) in [5.74, 6) is -0.672. The fourth-order valence-corrected chi connectivity index (χ4v) is 5.60. The van der Waals surface area contributed by atoms with E-state index in [0.29, 0.717) is 24.2 Å².